The highest BCUT2D eigenvalue weighted by atomic mass is 35.5. The number of anilines is 1. The van der Waals surface area contributed by atoms with E-state index >= 15 is 0 Å². The van der Waals surface area contributed by atoms with E-state index in [2.05, 4.69) is 10.3 Å². The number of methoxy groups -OCH3 is 1. The molecule has 2 aromatic heterocycles. The molecule has 1 amide bonds. The van der Waals surface area contributed by atoms with Crippen molar-refractivity contribution in [1.29, 1.82) is 0 Å². The van der Waals surface area contributed by atoms with E-state index in [1.54, 1.807) is 25.3 Å². The first-order chi connectivity index (χ1) is 11.2. The summed E-state index contributed by atoms with van der Waals surface area (Å²) in [6.45, 7) is 0. The highest BCUT2D eigenvalue weighted by molar-refractivity contribution is 7.12. The minimum atomic E-state index is -0.208. The fraction of sp³-hybridized carbons (Fsp3) is 0.0588. The predicted molar refractivity (Wildman–Crippen MR) is 93.5 cm³/mol. The van der Waals surface area contributed by atoms with Gasteiger partial charge in [-0.2, -0.15) is 0 Å². The van der Waals surface area contributed by atoms with Gasteiger partial charge >= 0.3 is 0 Å². The average molecular weight is 345 g/mol. The molecule has 1 N–H and O–H groups in total. The van der Waals surface area contributed by atoms with Crippen molar-refractivity contribution in [3.8, 4) is 17.0 Å². The molecular formula is C17H13ClN2O2S. The van der Waals surface area contributed by atoms with Gasteiger partial charge in [0.1, 0.15) is 11.6 Å². The van der Waals surface area contributed by atoms with Crippen LogP contribution in [0, 0.1) is 0 Å². The normalized spacial score (nSPS) is 10.3. The molecule has 116 valence electrons. The molecule has 6 heteroatoms. The Morgan fingerprint density at radius 2 is 2.04 bits per heavy atom. The van der Waals surface area contributed by atoms with Gasteiger partial charge in [0.25, 0.3) is 5.91 Å². The van der Waals surface area contributed by atoms with Crippen molar-refractivity contribution in [1.82, 2.24) is 4.98 Å². The van der Waals surface area contributed by atoms with E-state index in [1.807, 2.05) is 35.7 Å². The van der Waals surface area contributed by atoms with Crippen LogP contribution >= 0.6 is 22.9 Å². The smallest absolute Gasteiger partial charge is 0.266 e. The van der Waals surface area contributed by atoms with Gasteiger partial charge < -0.3 is 10.1 Å². The third-order valence-corrected chi connectivity index (χ3v) is 4.25. The number of carbonyl (C=O) groups is 1. The molecule has 23 heavy (non-hydrogen) atoms. The maximum absolute atomic E-state index is 12.1. The summed E-state index contributed by atoms with van der Waals surface area (Å²) < 4.78 is 5.35. The van der Waals surface area contributed by atoms with Crippen LogP contribution < -0.4 is 10.1 Å². The van der Waals surface area contributed by atoms with Crippen molar-refractivity contribution in [2.45, 2.75) is 0 Å². The second kappa shape index (κ2) is 6.81. The van der Waals surface area contributed by atoms with Gasteiger partial charge in [-0.3, -0.25) is 4.79 Å². The SMILES string of the molecule is COc1ccccc1-c1cc(Cl)cc(NC(=O)c2cccs2)n1. The Kier molecular flexibility index (Phi) is 4.60. The molecule has 3 aromatic rings. The predicted octanol–water partition coefficient (Wildman–Crippen LogP) is 4.72. The first kappa shape index (κ1) is 15.5. The first-order valence-corrected chi connectivity index (χ1v) is 8.09. The Morgan fingerprint density at radius 3 is 2.78 bits per heavy atom. The molecule has 0 atom stereocenters. The summed E-state index contributed by atoms with van der Waals surface area (Å²) in [6.07, 6.45) is 0. The molecule has 0 radical (unpaired) electrons. The van der Waals surface area contributed by atoms with Crippen LogP contribution in [-0.2, 0) is 0 Å². The molecule has 4 nitrogen and oxygen atoms in total. The Balaban J connectivity index is 1.95. The van der Waals surface area contributed by atoms with E-state index in [4.69, 9.17) is 16.3 Å². The first-order valence-electron chi connectivity index (χ1n) is 6.83. The van der Waals surface area contributed by atoms with E-state index in [0.29, 0.717) is 27.2 Å². The Bertz CT molecular complexity index is 834. The van der Waals surface area contributed by atoms with E-state index in [-0.39, 0.29) is 5.91 Å². The van der Waals surface area contributed by atoms with Crippen molar-refractivity contribution in [3.63, 3.8) is 0 Å². The van der Waals surface area contributed by atoms with Crippen LogP contribution in [0.2, 0.25) is 5.02 Å². The van der Waals surface area contributed by atoms with Crippen molar-refractivity contribution < 1.29 is 9.53 Å². The summed E-state index contributed by atoms with van der Waals surface area (Å²) in [4.78, 5) is 17.2. The van der Waals surface area contributed by atoms with Gasteiger partial charge in [0.05, 0.1) is 17.7 Å². The van der Waals surface area contributed by atoms with E-state index in [1.165, 1.54) is 11.3 Å². The number of hydrogen-bond acceptors (Lipinski definition) is 4. The number of thiophene rings is 1. The summed E-state index contributed by atoms with van der Waals surface area (Å²) in [5.41, 5.74) is 1.44. The highest BCUT2D eigenvalue weighted by Crippen LogP contribution is 2.31. The molecule has 1 aromatic carbocycles. The number of nitrogens with zero attached hydrogens (tertiary/aromatic N) is 1. The zero-order chi connectivity index (χ0) is 16.2. The second-order valence-electron chi connectivity index (χ2n) is 4.69. The fourth-order valence-corrected chi connectivity index (χ4v) is 2.97. The fourth-order valence-electron chi connectivity index (χ4n) is 2.14. The van der Waals surface area contributed by atoms with Gasteiger partial charge in [0.15, 0.2) is 0 Å². The number of ether oxygens (including phenoxy) is 1. The van der Waals surface area contributed by atoms with Crippen LogP contribution in [0.1, 0.15) is 9.67 Å². The van der Waals surface area contributed by atoms with Gasteiger partial charge in [0, 0.05) is 10.6 Å². The monoisotopic (exact) mass is 344 g/mol. The Hall–Kier alpha value is -2.37. The van der Waals surface area contributed by atoms with E-state index in [0.717, 1.165) is 5.56 Å². The number of hydrogen-bond donors (Lipinski definition) is 1. The van der Waals surface area contributed by atoms with Crippen molar-refractivity contribution in [3.05, 3.63) is 63.8 Å². The molecule has 0 saturated heterocycles. The Labute approximate surface area is 142 Å². The van der Waals surface area contributed by atoms with E-state index < -0.39 is 0 Å². The van der Waals surface area contributed by atoms with Crippen LogP contribution in [-0.4, -0.2) is 18.0 Å². The van der Waals surface area contributed by atoms with Gasteiger partial charge in [-0.05, 0) is 35.7 Å². The average Bonchev–Trinajstić information content (AvgIpc) is 3.09. The zero-order valence-corrected chi connectivity index (χ0v) is 13.8. The lowest BCUT2D eigenvalue weighted by Crippen LogP contribution is -2.11. The molecule has 0 aliphatic rings. The molecular weight excluding hydrogens is 332 g/mol. The number of benzene rings is 1. The van der Waals surface area contributed by atoms with Gasteiger partial charge in [-0.1, -0.05) is 29.8 Å². The molecule has 0 unspecified atom stereocenters. The number of carbonyl (C=O) groups excluding carboxylic acids is 1. The lowest BCUT2D eigenvalue weighted by Gasteiger charge is -2.10. The number of amides is 1. The summed E-state index contributed by atoms with van der Waals surface area (Å²) in [6, 6.07) is 14.4. The molecule has 2 heterocycles. The van der Waals surface area contributed by atoms with Crippen LogP contribution in [0.4, 0.5) is 5.82 Å². The summed E-state index contributed by atoms with van der Waals surface area (Å²) >= 11 is 7.54. The molecule has 0 aliphatic heterocycles. The minimum Gasteiger partial charge on any atom is -0.496 e. The molecule has 0 aliphatic carbocycles. The van der Waals surface area contributed by atoms with Gasteiger partial charge in [-0.25, -0.2) is 4.98 Å². The van der Waals surface area contributed by atoms with Crippen LogP contribution in [0.5, 0.6) is 5.75 Å². The quantitative estimate of drug-likeness (QED) is 0.744. The molecule has 0 saturated carbocycles. The standard InChI is InChI=1S/C17H13ClN2O2S/c1-22-14-6-3-2-5-12(14)13-9-11(18)10-16(19-13)20-17(21)15-7-4-8-23-15/h2-10H,1H3,(H,19,20,21). The third-order valence-electron chi connectivity index (χ3n) is 3.16. The maximum atomic E-state index is 12.1. The minimum absolute atomic E-state index is 0.208. The molecule has 0 spiro atoms. The molecule has 3 rings (SSSR count). The van der Waals surface area contributed by atoms with Crippen LogP contribution in [0.25, 0.3) is 11.3 Å². The summed E-state index contributed by atoms with van der Waals surface area (Å²) in [7, 11) is 1.60. The third kappa shape index (κ3) is 3.52. The highest BCUT2D eigenvalue weighted by Gasteiger charge is 2.12. The molecule has 0 fully saturated rings. The number of nitrogens with one attached hydrogen (secondary N) is 1. The number of pyridine rings is 1. The van der Waals surface area contributed by atoms with Gasteiger partial charge in [0.2, 0.25) is 0 Å². The van der Waals surface area contributed by atoms with Crippen molar-refractivity contribution >= 4 is 34.7 Å². The van der Waals surface area contributed by atoms with Gasteiger partial charge in [-0.15, -0.1) is 11.3 Å². The van der Waals surface area contributed by atoms with Crippen LogP contribution in [0.15, 0.2) is 53.9 Å². The number of halogens is 1. The lowest BCUT2D eigenvalue weighted by atomic mass is 10.1. The zero-order valence-electron chi connectivity index (χ0n) is 12.2. The summed E-state index contributed by atoms with van der Waals surface area (Å²) in [5, 5.41) is 5.10. The topological polar surface area (TPSA) is 51.2 Å². The van der Waals surface area contributed by atoms with Crippen LogP contribution in [0.3, 0.4) is 0 Å². The lowest BCUT2D eigenvalue weighted by molar-refractivity contribution is 0.103. The maximum Gasteiger partial charge on any atom is 0.266 e. The number of para-hydroxylation sites is 1. The number of aromatic nitrogens is 1. The Morgan fingerprint density at radius 1 is 1.22 bits per heavy atom. The number of rotatable bonds is 4. The molecule has 0 bridgehead atoms. The largest absolute Gasteiger partial charge is 0.496 e. The van der Waals surface area contributed by atoms with Crippen molar-refractivity contribution in [2.24, 2.45) is 0 Å². The van der Waals surface area contributed by atoms with E-state index in [9.17, 15) is 4.79 Å². The van der Waals surface area contributed by atoms with Crippen molar-refractivity contribution in [2.75, 3.05) is 12.4 Å². The second-order valence-corrected chi connectivity index (χ2v) is 6.07. The summed E-state index contributed by atoms with van der Waals surface area (Å²) in [5.74, 6) is 0.885.